The Hall–Kier alpha value is -4.15. The van der Waals surface area contributed by atoms with Gasteiger partial charge in [-0.15, -0.1) is 0 Å². The summed E-state index contributed by atoms with van der Waals surface area (Å²) >= 11 is 0.707. The summed E-state index contributed by atoms with van der Waals surface area (Å²) in [5.41, 5.74) is 0.677. The number of amides is 1. The monoisotopic (exact) mass is 527 g/mol. The van der Waals surface area contributed by atoms with Crippen LogP contribution in [0.1, 0.15) is 25.0 Å². The van der Waals surface area contributed by atoms with Gasteiger partial charge in [-0.25, -0.2) is 8.42 Å². The van der Waals surface area contributed by atoms with Gasteiger partial charge in [0.25, 0.3) is 16.8 Å². The molecule has 0 aliphatic carbocycles. The van der Waals surface area contributed by atoms with Crippen molar-refractivity contribution in [2.75, 3.05) is 11.1 Å². The molecule has 3 aromatic rings. The van der Waals surface area contributed by atoms with E-state index in [-0.39, 0.29) is 39.8 Å². The van der Waals surface area contributed by atoms with Gasteiger partial charge in [0.15, 0.2) is 0 Å². The second-order valence-electron chi connectivity index (χ2n) is 7.92. The fourth-order valence-electron chi connectivity index (χ4n) is 3.01. The van der Waals surface area contributed by atoms with Crippen LogP contribution in [-0.4, -0.2) is 34.4 Å². The maximum atomic E-state index is 12.5. The molecule has 0 bridgehead atoms. The summed E-state index contributed by atoms with van der Waals surface area (Å²) in [6, 6.07) is 14.5. The zero-order chi connectivity index (χ0) is 26.3. The largest absolute Gasteiger partial charge is 0.489 e. The molecule has 1 N–H and O–H groups in total. The summed E-state index contributed by atoms with van der Waals surface area (Å²) in [7, 11) is -3.67. The quantitative estimate of drug-likeness (QED) is 0.177. The van der Waals surface area contributed by atoms with Gasteiger partial charge in [-0.3, -0.25) is 20.2 Å². The third kappa shape index (κ3) is 6.94. The van der Waals surface area contributed by atoms with Crippen LogP contribution in [-0.2, 0) is 21.2 Å². The second-order valence-corrected chi connectivity index (χ2v) is 10.6. The highest BCUT2D eigenvalue weighted by Gasteiger charge is 2.23. The first-order chi connectivity index (χ1) is 17.1. The van der Waals surface area contributed by atoms with Gasteiger partial charge in [-0.05, 0) is 35.8 Å². The summed E-state index contributed by atoms with van der Waals surface area (Å²) in [5, 5.41) is 22.5. The molecule has 0 saturated carbocycles. The Bertz CT molecular complexity index is 1440. The normalized spacial score (nSPS) is 11.7. The standard InChI is InChI=1S/C23H21N5O6S2/c1-15(2)14-36(32,33)23-26-22(35-27-23)25-21(29)18(12-24)11-16-7-9-19(10-8-16)34-13-17-5-3-4-6-20(17)28(30)31/h3-11,15H,13-14H2,1-2H3,(H,25,26,27,29)/b18-11-. The minimum atomic E-state index is -3.67. The Kier molecular flexibility index (Phi) is 8.46. The van der Waals surface area contributed by atoms with E-state index in [0.29, 0.717) is 28.4 Å². The molecule has 0 spiro atoms. The molecular formula is C23H21N5O6S2. The number of ether oxygens (including phenoxy) is 1. The highest BCUT2D eigenvalue weighted by Crippen LogP contribution is 2.22. The Morgan fingerprint density at radius 2 is 1.94 bits per heavy atom. The second kappa shape index (κ2) is 11.5. The van der Waals surface area contributed by atoms with Gasteiger partial charge in [0.05, 0.1) is 16.2 Å². The maximum absolute atomic E-state index is 12.5. The molecule has 1 aromatic heterocycles. The molecule has 0 aliphatic rings. The number of benzene rings is 2. The Balaban J connectivity index is 1.66. The molecule has 11 nitrogen and oxygen atoms in total. The number of nitrogens with one attached hydrogen (secondary N) is 1. The summed E-state index contributed by atoms with van der Waals surface area (Å²) in [6.07, 6.45) is 1.35. The van der Waals surface area contributed by atoms with Crippen molar-refractivity contribution in [2.45, 2.75) is 25.6 Å². The Labute approximate surface area is 211 Å². The first-order valence-corrected chi connectivity index (χ1v) is 13.0. The van der Waals surface area contributed by atoms with Crippen molar-refractivity contribution in [1.29, 1.82) is 5.26 Å². The predicted octanol–water partition coefficient (Wildman–Crippen LogP) is 4.00. The van der Waals surface area contributed by atoms with E-state index in [4.69, 9.17) is 4.74 Å². The van der Waals surface area contributed by atoms with Crippen molar-refractivity contribution in [3.05, 3.63) is 75.3 Å². The van der Waals surface area contributed by atoms with Crippen molar-refractivity contribution in [1.82, 2.24) is 9.36 Å². The first kappa shape index (κ1) is 26.5. The van der Waals surface area contributed by atoms with Gasteiger partial charge < -0.3 is 4.74 Å². The number of hydrogen-bond donors (Lipinski definition) is 1. The van der Waals surface area contributed by atoms with Crippen LogP contribution in [0.15, 0.2) is 59.3 Å². The average molecular weight is 528 g/mol. The number of carbonyl (C=O) groups is 1. The number of nitrogens with zero attached hydrogens (tertiary/aromatic N) is 4. The van der Waals surface area contributed by atoms with E-state index in [9.17, 15) is 28.6 Å². The fraction of sp³-hybridized carbons (Fsp3) is 0.217. The van der Waals surface area contributed by atoms with Crippen LogP contribution in [0.2, 0.25) is 0 Å². The molecule has 13 heteroatoms. The lowest BCUT2D eigenvalue weighted by Crippen LogP contribution is -2.15. The van der Waals surface area contributed by atoms with Gasteiger partial charge in [-0.1, -0.05) is 38.1 Å². The van der Waals surface area contributed by atoms with E-state index in [1.54, 1.807) is 62.4 Å². The van der Waals surface area contributed by atoms with Crippen molar-refractivity contribution >= 4 is 44.2 Å². The van der Waals surface area contributed by atoms with Crippen LogP contribution < -0.4 is 10.1 Å². The predicted molar refractivity (Wildman–Crippen MR) is 133 cm³/mol. The molecular weight excluding hydrogens is 506 g/mol. The maximum Gasteiger partial charge on any atom is 0.276 e. The molecule has 1 amide bonds. The van der Waals surface area contributed by atoms with E-state index in [0.717, 1.165) is 0 Å². The lowest BCUT2D eigenvalue weighted by molar-refractivity contribution is -0.385. The first-order valence-electron chi connectivity index (χ1n) is 10.5. The van der Waals surface area contributed by atoms with Crippen molar-refractivity contribution in [2.24, 2.45) is 5.92 Å². The lowest BCUT2D eigenvalue weighted by atomic mass is 10.1. The van der Waals surface area contributed by atoms with Gasteiger partial charge in [0.2, 0.25) is 15.0 Å². The molecule has 0 aliphatic heterocycles. The number of nitro groups is 1. The van der Waals surface area contributed by atoms with Crippen LogP contribution in [0.3, 0.4) is 0 Å². The molecule has 1 heterocycles. The topological polar surface area (TPSA) is 165 Å². The molecule has 2 aromatic carbocycles. The number of rotatable bonds is 10. The van der Waals surface area contributed by atoms with Crippen LogP contribution in [0.5, 0.6) is 5.75 Å². The van der Waals surface area contributed by atoms with Gasteiger partial charge in [0, 0.05) is 17.6 Å². The van der Waals surface area contributed by atoms with E-state index in [1.165, 1.54) is 12.1 Å². The Morgan fingerprint density at radius 1 is 1.25 bits per heavy atom. The number of para-hydroxylation sites is 1. The SMILES string of the molecule is CC(C)CS(=O)(=O)c1nsc(NC(=O)/C(C#N)=C\c2ccc(OCc3ccccc3[N+](=O)[O-])cc2)n1. The van der Waals surface area contributed by atoms with Gasteiger partial charge >= 0.3 is 0 Å². The molecule has 0 unspecified atom stereocenters. The zero-order valence-electron chi connectivity index (χ0n) is 19.2. The molecule has 186 valence electrons. The molecule has 0 saturated heterocycles. The van der Waals surface area contributed by atoms with Gasteiger partial charge in [0.1, 0.15) is 24.0 Å². The highest BCUT2D eigenvalue weighted by molar-refractivity contribution is 7.91. The van der Waals surface area contributed by atoms with E-state index < -0.39 is 20.7 Å². The number of aromatic nitrogens is 2. The lowest BCUT2D eigenvalue weighted by Gasteiger charge is -2.07. The van der Waals surface area contributed by atoms with E-state index in [2.05, 4.69) is 14.7 Å². The minimum Gasteiger partial charge on any atom is -0.489 e. The van der Waals surface area contributed by atoms with Crippen molar-refractivity contribution in [3.63, 3.8) is 0 Å². The number of anilines is 1. The van der Waals surface area contributed by atoms with Crippen LogP contribution in [0, 0.1) is 27.4 Å². The number of carbonyl (C=O) groups excluding carboxylic acids is 1. The molecule has 0 atom stereocenters. The van der Waals surface area contributed by atoms with Crippen LogP contribution in [0.4, 0.5) is 10.8 Å². The van der Waals surface area contributed by atoms with Crippen molar-refractivity contribution in [3.8, 4) is 11.8 Å². The van der Waals surface area contributed by atoms with Gasteiger partial charge in [-0.2, -0.15) is 14.6 Å². The number of nitriles is 1. The minimum absolute atomic E-state index is 0.00504. The van der Waals surface area contributed by atoms with Crippen molar-refractivity contribution < 1.29 is 22.9 Å². The number of nitro benzene ring substituents is 1. The smallest absolute Gasteiger partial charge is 0.276 e. The Morgan fingerprint density at radius 3 is 2.58 bits per heavy atom. The highest BCUT2D eigenvalue weighted by atomic mass is 32.2. The summed E-state index contributed by atoms with van der Waals surface area (Å²) in [6.45, 7) is 3.50. The third-order valence-corrected chi connectivity index (χ3v) is 7.19. The fourth-order valence-corrected chi connectivity index (χ4v) is 5.36. The van der Waals surface area contributed by atoms with Crippen LogP contribution >= 0.6 is 11.5 Å². The summed E-state index contributed by atoms with van der Waals surface area (Å²) in [5.74, 6) is -0.559. The van der Waals surface area contributed by atoms with Crippen LogP contribution in [0.25, 0.3) is 6.08 Å². The molecule has 0 radical (unpaired) electrons. The number of sulfone groups is 1. The average Bonchev–Trinajstić information content (AvgIpc) is 3.30. The molecule has 36 heavy (non-hydrogen) atoms. The van der Waals surface area contributed by atoms with E-state index in [1.807, 2.05) is 0 Å². The molecule has 0 fully saturated rings. The number of hydrogen-bond acceptors (Lipinski definition) is 10. The van der Waals surface area contributed by atoms with E-state index >= 15 is 0 Å². The summed E-state index contributed by atoms with van der Waals surface area (Å²) in [4.78, 5) is 27.0. The zero-order valence-corrected chi connectivity index (χ0v) is 20.9. The summed E-state index contributed by atoms with van der Waals surface area (Å²) < 4.78 is 33.9. The third-order valence-electron chi connectivity index (χ3n) is 4.60. The molecule has 3 rings (SSSR count).